The second-order valence-electron chi connectivity index (χ2n) is 7.89. The summed E-state index contributed by atoms with van der Waals surface area (Å²) in [5, 5.41) is 5.98. The number of halogens is 1. The monoisotopic (exact) mass is 466 g/mol. The van der Waals surface area contributed by atoms with Gasteiger partial charge in [0.15, 0.2) is 11.6 Å². The van der Waals surface area contributed by atoms with Crippen LogP contribution in [0.4, 0.5) is 33.2 Å². The molecular weight excluding hydrogens is 439 g/mol. The van der Waals surface area contributed by atoms with Crippen LogP contribution in [0.25, 0.3) is 0 Å². The van der Waals surface area contributed by atoms with Gasteiger partial charge in [0.25, 0.3) is 0 Å². The van der Waals surface area contributed by atoms with E-state index in [9.17, 15) is 9.18 Å². The molecular formula is C24H27FN6O3. The number of rotatable bonds is 7. The van der Waals surface area contributed by atoms with E-state index in [1.165, 1.54) is 7.11 Å². The number of anilines is 5. The van der Waals surface area contributed by atoms with Crippen molar-refractivity contribution in [1.82, 2.24) is 14.9 Å². The van der Waals surface area contributed by atoms with Gasteiger partial charge in [0, 0.05) is 43.6 Å². The molecule has 0 saturated carbocycles. The van der Waals surface area contributed by atoms with E-state index < -0.39 is 11.8 Å². The summed E-state index contributed by atoms with van der Waals surface area (Å²) in [6, 6.07) is 12.4. The largest absolute Gasteiger partial charge is 0.494 e. The molecule has 0 unspecified atom stereocenters. The highest BCUT2D eigenvalue weighted by atomic mass is 19.1. The second-order valence-corrected chi connectivity index (χ2v) is 7.89. The molecule has 1 fully saturated rings. The summed E-state index contributed by atoms with van der Waals surface area (Å²) >= 11 is 0. The maximum Gasteiger partial charge on any atom is 0.337 e. The van der Waals surface area contributed by atoms with Crippen molar-refractivity contribution in [3.05, 3.63) is 60.0 Å². The first-order chi connectivity index (χ1) is 16.5. The van der Waals surface area contributed by atoms with Crippen LogP contribution in [0, 0.1) is 5.82 Å². The topological polar surface area (TPSA) is 91.8 Å². The molecule has 2 heterocycles. The summed E-state index contributed by atoms with van der Waals surface area (Å²) in [5.41, 5.74) is 2.56. The molecule has 2 aromatic carbocycles. The number of carbonyl (C=O) groups excluding carboxylic acids is 1. The number of likely N-dealkylation sites (N-methyl/N-ethyl adjacent to an activating group) is 1. The maximum atomic E-state index is 14.4. The van der Waals surface area contributed by atoms with Crippen LogP contribution >= 0.6 is 0 Å². The minimum Gasteiger partial charge on any atom is -0.494 e. The Morgan fingerprint density at radius 2 is 1.85 bits per heavy atom. The number of benzene rings is 2. The zero-order valence-electron chi connectivity index (χ0n) is 19.3. The van der Waals surface area contributed by atoms with Crippen molar-refractivity contribution in [2.24, 2.45) is 0 Å². The predicted molar refractivity (Wildman–Crippen MR) is 129 cm³/mol. The third kappa shape index (κ3) is 5.34. The number of nitrogens with one attached hydrogen (secondary N) is 2. The Bertz CT molecular complexity index is 1170. The predicted octanol–water partition coefficient (Wildman–Crippen LogP) is 3.65. The summed E-state index contributed by atoms with van der Waals surface area (Å²) in [5.74, 6) is -0.330. The van der Waals surface area contributed by atoms with E-state index in [1.807, 2.05) is 18.2 Å². The Labute approximate surface area is 197 Å². The van der Waals surface area contributed by atoms with Gasteiger partial charge in [-0.2, -0.15) is 4.98 Å². The molecule has 1 saturated heterocycles. The maximum absolute atomic E-state index is 14.4. The van der Waals surface area contributed by atoms with Crippen LogP contribution in [0.15, 0.2) is 48.7 Å². The van der Waals surface area contributed by atoms with E-state index in [0.717, 1.165) is 38.1 Å². The number of methoxy groups -OCH3 is 2. The lowest BCUT2D eigenvalue weighted by Crippen LogP contribution is -2.44. The van der Waals surface area contributed by atoms with Crippen LogP contribution in [-0.4, -0.2) is 68.3 Å². The first-order valence-electron chi connectivity index (χ1n) is 10.8. The van der Waals surface area contributed by atoms with E-state index in [4.69, 9.17) is 9.47 Å². The highest BCUT2D eigenvalue weighted by molar-refractivity contribution is 5.90. The molecule has 1 aliphatic heterocycles. The number of carbonyl (C=O) groups is 1. The van der Waals surface area contributed by atoms with E-state index in [-0.39, 0.29) is 11.8 Å². The summed E-state index contributed by atoms with van der Waals surface area (Å²) in [6.07, 6.45) is 1.08. The third-order valence-electron chi connectivity index (χ3n) is 5.59. The molecule has 0 amide bonds. The number of piperazine rings is 1. The van der Waals surface area contributed by atoms with Gasteiger partial charge < -0.3 is 29.9 Å². The van der Waals surface area contributed by atoms with E-state index in [1.54, 1.807) is 31.4 Å². The number of nitrogens with zero attached hydrogens (tertiary/aromatic N) is 4. The van der Waals surface area contributed by atoms with Crippen molar-refractivity contribution >= 4 is 34.8 Å². The standard InChI is InChI=1S/C24H27FN6O3/c1-30-9-11-31(12-10-30)18-7-8-20(21(14-18)33-2)28-24-26-15-19(25)22(29-24)27-17-6-4-5-16(13-17)23(32)34-3/h4-8,13-15H,9-12H2,1-3H3,(H2,26,27,28,29). The van der Waals surface area contributed by atoms with Crippen LogP contribution in [0.3, 0.4) is 0 Å². The lowest BCUT2D eigenvalue weighted by molar-refractivity contribution is 0.0601. The van der Waals surface area contributed by atoms with Crippen LogP contribution in [-0.2, 0) is 4.74 Å². The smallest absolute Gasteiger partial charge is 0.337 e. The number of aromatic nitrogens is 2. The SMILES string of the molecule is COC(=O)c1cccc(Nc2nc(Nc3ccc(N4CCN(C)CC4)cc3OC)ncc2F)c1. The van der Waals surface area contributed by atoms with E-state index in [2.05, 4.69) is 37.4 Å². The number of esters is 1. The van der Waals surface area contributed by atoms with Gasteiger partial charge >= 0.3 is 5.97 Å². The van der Waals surface area contributed by atoms with Gasteiger partial charge in [-0.1, -0.05) is 6.07 Å². The molecule has 0 aliphatic carbocycles. The molecule has 3 aromatic rings. The molecule has 4 rings (SSSR count). The summed E-state index contributed by atoms with van der Waals surface area (Å²) in [4.78, 5) is 24.7. The van der Waals surface area contributed by atoms with Crippen LogP contribution in [0.1, 0.15) is 10.4 Å². The van der Waals surface area contributed by atoms with Crippen molar-refractivity contribution in [2.45, 2.75) is 0 Å². The first kappa shape index (κ1) is 23.2. The van der Waals surface area contributed by atoms with Crippen molar-refractivity contribution in [3.8, 4) is 5.75 Å². The highest BCUT2D eigenvalue weighted by Crippen LogP contribution is 2.32. The average molecular weight is 467 g/mol. The molecule has 0 bridgehead atoms. The molecule has 2 N–H and O–H groups in total. The van der Waals surface area contributed by atoms with Gasteiger partial charge in [0.1, 0.15) is 5.75 Å². The van der Waals surface area contributed by atoms with Gasteiger partial charge in [0.2, 0.25) is 5.95 Å². The van der Waals surface area contributed by atoms with Gasteiger partial charge in [-0.05, 0) is 37.4 Å². The summed E-state index contributed by atoms with van der Waals surface area (Å²) in [7, 11) is 5.02. The molecule has 0 atom stereocenters. The Hall–Kier alpha value is -3.92. The highest BCUT2D eigenvalue weighted by Gasteiger charge is 2.17. The summed E-state index contributed by atoms with van der Waals surface area (Å²) in [6.45, 7) is 3.90. The van der Waals surface area contributed by atoms with E-state index >= 15 is 0 Å². The molecule has 0 spiro atoms. The Morgan fingerprint density at radius 1 is 1.06 bits per heavy atom. The fourth-order valence-corrected chi connectivity index (χ4v) is 3.66. The quantitative estimate of drug-likeness (QED) is 0.506. The number of ether oxygens (including phenoxy) is 2. The van der Waals surface area contributed by atoms with Crippen LogP contribution in [0.5, 0.6) is 5.75 Å². The molecule has 10 heteroatoms. The van der Waals surface area contributed by atoms with Gasteiger partial charge in [-0.15, -0.1) is 0 Å². The van der Waals surface area contributed by atoms with Crippen LogP contribution in [0.2, 0.25) is 0 Å². The number of hydrogen-bond acceptors (Lipinski definition) is 9. The molecule has 34 heavy (non-hydrogen) atoms. The van der Waals surface area contributed by atoms with Crippen molar-refractivity contribution in [3.63, 3.8) is 0 Å². The molecule has 1 aliphatic rings. The average Bonchev–Trinajstić information content (AvgIpc) is 2.86. The van der Waals surface area contributed by atoms with Gasteiger partial charge in [-0.3, -0.25) is 0 Å². The first-order valence-corrected chi connectivity index (χ1v) is 10.8. The molecule has 0 radical (unpaired) electrons. The van der Waals surface area contributed by atoms with Gasteiger partial charge in [0.05, 0.1) is 31.7 Å². The van der Waals surface area contributed by atoms with Gasteiger partial charge in [-0.25, -0.2) is 14.2 Å². The molecule has 1 aromatic heterocycles. The van der Waals surface area contributed by atoms with Crippen molar-refractivity contribution in [1.29, 1.82) is 0 Å². The molecule has 178 valence electrons. The van der Waals surface area contributed by atoms with E-state index in [0.29, 0.717) is 22.7 Å². The van der Waals surface area contributed by atoms with Crippen LogP contribution < -0.4 is 20.3 Å². The fraction of sp³-hybridized carbons (Fsp3) is 0.292. The lowest BCUT2D eigenvalue weighted by atomic mass is 10.2. The zero-order chi connectivity index (χ0) is 24.1. The minimum atomic E-state index is -0.633. The normalized spacial score (nSPS) is 13.9. The zero-order valence-corrected chi connectivity index (χ0v) is 19.3. The molecule has 9 nitrogen and oxygen atoms in total. The third-order valence-corrected chi connectivity index (χ3v) is 5.59. The Morgan fingerprint density at radius 3 is 2.59 bits per heavy atom. The Kier molecular flexibility index (Phi) is 7.07. The van der Waals surface area contributed by atoms with Crippen molar-refractivity contribution in [2.75, 3.05) is 63.0 Å². The fourth-order valence-electron chi connectivity index (χ4n) is 3.66. The lowest BCUT2D eigenvalue weighted by Gasteiger charge is -2.34. The minimum absolute atomic E-state index is 0.0347. The Balaban J connectivity index is 1.52. The number of hydrogen-bond donors (Lipinski definition) is 2. The summed E-state index contributed by atoms with van der Waals surface area (Å²) < 4.78 is 24.7. The second kappa shape index (κ2) is 10.3. The van der Waals surface area contributed by atoms with Crippen molar-refractivity contribution < 1.29 is 18.7 Å².